The molecule has 6 N–H and O–H groups in total. The van der Waals surface area contributed by atoms with Crippen molar-refractivity contribution in [3.05, 3.63) is 58.4 Å². The van der Waals surface area contributed by atoms with Crippen LogP contribution in [0.4, 0.5) is 4.39 Å². The first-order valence-corrected chi connectivity index (χ1v) is 9.69. The van der Waals surface area contributed by atoms with Crippen LogP contribution in [0.5, 0.6) is 0 Å². The molecule has 0 unspecified atom stereocenters. The summed E-state index contributed by atoms with van der Waals surface area (Å²) in [7, 11) is 0. The van der Waals surface area contributed by atoms with Gasteiger partial charge < -0.3 is 16.8 Å². The van der Waals surface area contributed by atoms with Gasteiger partial charge in [-0.3, -0.25) is 5.41 Å². The molecule has 0 aliphatic rings. The monoisotopic (exact) mass is 414 g/mol. The molecule has 132 valence electrons. The van der Waals surface area contributed by atoms with Crippen molar-refractivity contribution in [3.63, 3.8) is 0 Å². The summed E-state index contributed by atoms with van der Waals surface area (Å²) >= 11 is 13.6. The van der Waals surface area contributed by atoms with Gasteiger partial charge in [0.05, 0.1) is 0 Å². The van der Waals surface area contributed by atoms with Crippen LogP contribution >= 0.6 is 47.3 Å². The van der Waals surface area contributed by atoms with Crippen molar-refractivity contribution in [3.8, 4) is 0 Å². The van der Waals surface area contributed by atoms with E-state index in [9.17, 15) is 4.39 Å². The summed E-state index contributed by atoms with van der Waals surface area (Å²) in [6.07, 6.45) is 0. The molecule has 4 nitrogen and oxygen atoms in total. The third-order valence-corrected chi connectivity index (χ3v) is 5.47. The molecule has 0 saturated heterocycles. The molecule has 2 aromatic rings. The van der Waals surface area contributed by atoms with Crippen LogP contribution in [0.2, 0.25) is 5.02 Å². The smallest absolute Gasteiger partial charge is 0.163 e. The number of benzene rings is 2. The lowest BCUT2D eigenvalue weighted by Crippen LogP contribution is -2.28. The Labute approximate surface area is 164 Å². The highest BCUT2D eigenvalue weighted by molar-refractivity contribution is 8.13. The van der Waals surface area contributed by atoms with Crippen molar-refractivity contribution < 1.29 is 4.39 Å². The van der Waals surface area contributed by atoms with Gasteiger partial charge in [0, 0.05) is 27.1 Å². The SMILES string of the molecule is N=C(N)SCc1ccc(Cl)cc1Sc1ccc(F)cc1CNC(N)=S. The zero-order valence-electron chi connectivity index (χ0n) is 13.0. The molecule has 0 bridgehead atoms. The molecule has 0 heterocycles. The van der Waals surface area contributed by atoms with Crippen molar-refractivity contribution in [2.24, 2.45) is 11.5 Å². The van der Waals surface area contributed by atoms with Gasteiger partial charge in [0.1, 0.15) is 5.82 Å². The van der Waals surface area contributed by atoms with Crippen LogP contribution in [0, 0.1) is 11.2 Å². The van der Waals surface area contributed by atoms with Gasteiger partial charge in [-0.25, -0.2) is 4.39 Å². The average Bonchev–Trinajstić information content (AvgIpc) is 2.54. The first-order chi connectivity index (χ1) is 11.8. The van der Waals surface area contributed by atoms with E-state index in [0.717, 1.165) is 20.9 Å². The van der Waals surface area contributed by atoms with E-state index in [4.69, 9.17) is 40.7 Å². The third-order valence-electron chi connectivity index (χ3n) is 3.11. The van der Waals surface area contributed by atoms with Gasteiger partial charge in [0.2, 0.25) is 0 Å². The maximum Gasteiger partial charge on any atom is 0.163 e. The van der Waals surface area contributed by atoms with Crippen LogP contribution < -0.4 is 16.8 Å². The molecule has 0 aliphatic carbocycles. The van der Waals surface area contributed by atoms with Crippen molar-refractivity contribution in [2.75, 3.05) is 0 Å². The Morgan fingerprint density at radius 2 is 1.92 bits per heavy atom. The number of rotatable bonds is 6. The van der Waals surface area contributed by atoms with Crippen LogP contribution in [0.3, 0.4) is 0 Å². The first-order valence-electron chi connectivity index (χ1n) is 7.10. The maximum atomic E-state index is 13.6. The number of amidine groups is 1. The summed E-state index contributed by atoms with van der Waals surface area (Å²) in [4.78, 5) is 1.78. The largest absolute Gasteiger partial charge is 0.379 e. The molecule has 0 aromatic heterocycles. The molecular weight excluding hydrogens is 399 g/mol. The Balaban J connectivity index is 2.30. The summed E-state index contributed by atoms with van der Waals surface area (Å²) in [5.41, 5.74) is 12.6. The minimum Gasteiger partial charge on any atom is -0.379 e. The molecule has 0 spiro atoms. The lowest BCUT2D eigenvalue weighted by atomic mass is 10.2. The van der Waals surface area contributed by atoms with Gasteiger partial charge in [-0.2, -0.15) is 0 Å². The number of halogens is 2. The molecule has 0 saturated carbocycles. The fraction of sp³-hybridized carbons (Fsp3) is 0.125. The molecule has 0 amide bonds. The maximum absolute atomic E-state index is 13.6. The summed E-state index contributed by atoms with van der Waals surface area (Å²) in [6, 6.07) is 10.1. The van der Waals surface area contributed by atoms with E-state index < -0.39 is 0 Å². The zero-order chi connectivity index (χ0) is 18.4. The normalized spacial score (nSPS) is 10.5. The predicted octanol–water partition coefficient (Wildman–Crippen LogP) is 4.09. The molecule has 2 aromatic carbocycles. The number of hydrogen-bond acceptors (Lipinski definition) is 4. The van der Waals surface area contributed by atoms with Crippen molar-refractivity contribution in [2.45, 2.75) is 22.1 Å². The van der Waals surface area contributed by atoms with Crippen LogP contribution in [0.15, 0.2) is 46.2 Å². The van der Waals surface area contributed by atoms with Gasteiger partial charge in [-0.1, -0.05) is 41.2 Å². The van der Waals surface area contributed by atoms with Crippen molar-refractivity contribution in [1.82, 2.24) is 5.32 Å². The molecule has 0 atom stereocenters. The van der Waals surface area contributed by atoms with Crippen LogP contribution in [-0.2, 0) is 12.3 Å². The zero-order valence-corrected chi connectivity index (χ0v) is 16.2. The Morgan fingerprint density at radius 1 is 1.16 bits per heavy atom. The van der Waals surface area contributed by atoms with E-state index in [0.29, 0.717) is 17.3 Å². The Morgan fingerprint density at radius 3 is 2.60 bits per heavy atom. The number of nitrogens with one attached hydrogen (secondary N) is 2. The molecular formula is C16H16ClFN4S3. The minimum atomic E-state index is -0.331. The number of thioether (sulfide) groups is 1. The van der Waals surface area contributed by atoms with Crippen molar-refractivity contribution in [1.29, 1.82) is 5.41 Å². The third kappa shape index (κ3) is 6.39. The van der Waals surface area contributed by atoms with Gasteiger partial charge in [-0.05, 0) is 53.7 Å². The Hall–Kier alpha value is -1.48. The molecule has 0 aliphatic heterocycles. The topological polar surface area (TPSA) is 87.9 Å². The summed E-state index contributed by atoms with van der Waals surface area (Å²) < 4.78 is 13.6. The fourth-order valence-electron chi connectivity index (χ4n) is 1.98. The second-order valence-corrected chi connectivity index (χ2v) is 7.95. The molecule has 0 fully saturated rings. The highest BCUT2D eigenvalue weighted by Crippen LogP contribution is 2.36. The summed E-state index contributed by atoms with van der Waals surface area (Å²) in [5.74, 6) is 0.221. The lowest BCUT2D eigenvalue weighted by Gasteiger charge is -2.13. The van der Waals surface area contributed by atoms with E-state index in [1.165, 1.54) is 35.7 Å². The molecule has 2 rings (SSSR count). The second kappa shape index (κ2) is 9.28. The van der Waals surface area contributed by atoms with Crippen LogP contribution in [-0.4, -0.2) is 10.3 Å². The standard InChI is InChI=1S/C16H16ClFN4S3/c17-11-2-1-9(8-24-15(19)20)14(6-11)25-13-4-3-12(18)5-10(13)7-22-16(21)23/h1-6H,7-8H2,(H3,19,20)(H3,21,22,23). The average molecular weight is 415 g/mol. The van der Waals surface area contributed by atoms with E-state index in [-0.39, 0.29) is 16.1 Å². The van der Waals surface area contributed by atoms with Gasteiger partial charge in [0.15, 0.2) is 10.3 Å². The first kappa shape index (κ1) is 19.8. The van der Waals surface area contributed by atoms with E-state index in [1.54, 1.807) is 12.1 Å². The summed E-state index contributed by atoms with van der Waals surface area (Å²) in [6.45, 7) is 0.327. The highest BCUT2D eigenvalue weighted by atomic mass is 35.5. The fourth-order valence-corrected chi connectivity index (χ4v) is 4.04. The van der Waals surface area contributed by atoms with Gasteiger partial charge >= 0.3 is 0 Å². The quantitative estimate of drug-likeness (QED) is 0.323. The number of hydrogen-bond donors (Lipinski definition) is 4. The highest BCUT2D eigenvalue weighted by Gasteiger charge is 2.11. The van der Waals surface area contributed by atoms with Gasteiger partial charge in [-0.15, -0.1) is 0 Å². The Kier molecular flexibility index (Phi) is 7.37. The summed E-state index contributed by atoms with van der Waals surface area (Å²) in [5, 5.41) is 11.0. The Bertz CT molecular complexity index is 801. The van der Waals surface area contributed by atoms with Crippen molar-refractivity contribution >= 4 is 57.6 Å². The lowest BCUT2D eigenvalue weighted by molar-refractivity contribution is 0.622. The minimum absolute atomic E-state index is 0.0500. The van der Waals surface area contributed by atoms with E-state index in [1.807, 2.05) is 12.1 Å². The van der Waals surface area contributed by atoms with Crippen LogP contribution in [0.1, 0.15) is 11.1 Å². The molecule has 0 radical (unpaired) electrons. The number of thiocarbonyl (C=S) groups is 1. The van der Waals surface area contributed by atoms with E-state index >= 15 is 0 Å². The number of nitrogens with two attached hydrogens (primary N) is 2. The predicted molar refractivity (Wildman–Crippen MR) is 109 cm³/mol. The van der Waals surface area contributed by atoms with Crippen LogP contribution in [0.25, 0.3) is 0 Å². The molecule has 25 heavy (non-hydrogen) atoms. The second-order valence-electron chi connectivity index (χ2n) is 4.98. The van der Waals surface area contributed by atoms with E-state index in [2.05, 4.69) is 5.32 Å². The van der Waals surface area contributed by atoms with Gasteiger partial charge in [0.25, 0.3) is 0 Å². The molecule has 9 heteroatoms.